The van der Waals surface area contributed by atoms with E-state index in [2.05, 4.69) is 10.4 Å². The molecule has 3 aromatic rings. The lowest BCUT2D eigenvalue weighted by Gasteiger charge is -2.50. The minimum atomic E-state index is -4.78. The molecule has 1 saturated carbocycles. The zero-order valence-electron chi connectivity index (χ0n) is 27.1. The molecule has 1 aromatic heterocycles. The second-order valence-electron chi connectivity index (χ2n) is 12.8. The van der Waals surface area contributed by atoms with Gasteiger partial charge in [0.05, 0.1) is 48.0 Å². The number of aromatic hydroxyl groups is 1. The van der Waals surface area contributed by atoms with Crippen molar-refractivity contribution in [3.05, 3.63) is 93.1 Å². The zero-order chi connectivity index (χ0) is 37.4. The molecule has 0 bridgehead atoms. The van der Waals surface area contributed by atoms with Gasteiger partial charge >= 0.3 is 12.3 Å². The number of aromatic nitrogens is 1. The van der Waals surface area contributed by atoms with Crippen LogP contribution in [-0.4, -0.2) is 63.9 Å². The molecule has 270 valence electrons. The third-order valence-corrected chi connectivity index (χ3v) is 11.0. The van der Waals surface area contributed by atoms with Gasteiger partial charge in [-0.1, -0.05) is 47.0 Å². The van der Waals surface area contributed by atoms with Crippen molar-refractivity contribution in [3.63, 3.8) is 0 Å². The number of hydrogen-bond acceptors (Lipinski definition) is 10. The second-order valence-corrected chi connectivity index (χ2v) is 13.7. The molecule has 0 radical (unpaired) electrons. The Hall–Kier alpha value is -5.15. The third-order valence-electron chi connectivity index (χ3n) is 10.5. The molecular weight excluding hydrogens is 732 g/mol. The molecule has 2 aliphatic heterocycles. The number of methoxy groups -OCH3 is 2. The third kappa shape index (κ3) is 5.11. The van der Waals surface area contributed by atoms with E-state index >= 15 is 4.79 Å². The van der Waals surface area contributed by atoms with E-state index < -0.39 is 87.3 Å². The Kier molecular flexibility index (Phi) is 8.49. The number of halogens is 5. The lowest BCUT2D eigenvalue weighted by molar-refractivity contribution is -0.140. The number of carbonyl (C=O) groups excluding carboxylic acids is 5. The number of likely N-dealkylation sites (tertiary alicyclic amines) is 1. The van der Waals surface area contributed by atoms with Gasteiger partial charge in [-0.2, -0.15) is 23.1 Å². The van der Waals surface area contributed by atoms with Gasteiger partial charge < -0.3 is 14.6 Å². The molecule has 2 aliphatic carbocycles. The monoisotopic (exact) mass is 758 g/mol. The van der Waals surface area contributed by atoms with Crippen LogP contribution < -0.4 is 10.2 Å². The van der Waals surface area contributed by atoms with Crippen LogP contribution in [0.5, 0.6) is 11.5 Å². The molecule has 2 N–H and O–H groups in total. The highest BCUT2D eigenvalue weighted by Gasteiger charge is 2.71. The summed E-state index contributed by atoms with van der Waals surface area (Å²) in [6, 6.07) is 11.0. The Labute approximate surface area is 303 Å². The van der Waals surface area contributed by atoms with Crippen LogP contribution in [0.1, 0.15) is 35.4 Å². The van der Waals surface area contributed by atoms with Gasteiger partial charge in [-0.3, -0.25) is 24.6 Å². The molecule has 7 rings (SSSR count). The van der Waals surface area contributed by atoms with E-state index in [1.165, 1.54) is 37.4 Å². The number of nitrogens with zero attached hydrogens (tertiary/aromatic N) is 3. The van der Waals surface area contributed by atoms with Gasteiger partial charge in [0, 0.05) is 22.7 Å². The first-order valence-electron chi connectivity index (χ1n) is 15.8. The molecule has 5 amide bonds. The Bertz CT molecular complexity index is 2090. The summed E-state index contributed by atoms with van der Waals surface area (Å²) < 4.78 is 50.4. The second kappa shape index (κ2) is 12.5. The van der Waals surface area contributed by atoms with Gasteiger partial charge in [0.25, 0.3) is 11.8 Å². The number of hydrazine groups is 1. The first-order valence-corrected chi connectivity index (χ1v) is 16.6. The maximum Gasteiger partial charge on any atom is 0.423 e. The number of alkyl halides is 3. The number of amides is 5. The topological polar surface area (TPSA) is 155 Å². The molecule has 2 aromatic carbocycles. The van der Waals surface area contributed by atoms with E-state index in [1.54, 1.807) is 18.2 Å². The predicted octanol–water partition coefficient (Wildman–Crippen LogP) is 5.87. The number of imide groups is 4. The SMILES string of the molecule is COC(=O)N1C(=O)C2CC=C3C(CC4C(=O)N(Nc5ncc(C(F)(F)F)cc5Cl)C(=O)C4(c4ccc(Cl)cc4)C3c3cc(OC)ccc3O)C2C1=O. The van der Waals surface area contributed by atoms with Gasteiger partial charge in [0.2, 0.25) is 11.8 Å². The molecule has 0 spiro atoms. The predicted molar refractivity (Wildman–Crippen MR) is 176 cm³/mol. The van der Waals surface area contributed by atoms with Crippen LogP contribution in [-0.2, 0) is 35.5 Å². The minimum Gasteiger partial charge on any atom is -0.508 e. The van der Waals surface area contributed by atoms with Crippen molar-refractivity contribution < 1.29 is 51.7 Å². The highest BCUT2D eigenvalue weighted by molar-refractivity contribution is 6.33. The number of hydrogen-bond donors (Lipinski definition) is 2. The lowest BCUT2D eigenvalue weighted by atomic mass is 9.49. The summed E-state index contributed by atoms with van der Waals surface area (Å²) >= 11 is 12.5. The number of carbonyl (C=O) groups is 5. The number of allylic oxidation sites excluding steroid dienone is 2. The first-order chi connectivity index (χ1) is 24.6. The van der Waals surface area contributed by atoms with Gasteiger partial charge in [-0.25, -0.2) is 9.78 Å². The number of anilines is 1. The Balaban J connectivity index is 1.45. The van der Waals surface area contributed by atoms with Crippen LogP contribution in [0.15, 0.2) is 66.4 Å². The van der Waals surface area contributed by atoms with E-state index in [0.29, 0.717) is 32.8 Å². The summed E-state index contributed by atoms with van der Waals surface area (Å²) in [4.78, 5) is 74.0. The molecule has 17 heteroatoms. The Morgan fingerprint density at radius 1 is 1.00 bits per heavy atom. The van der Waals surface area contributed by atoms with Gasteiger partial charge in [0.1, 0.15) is 11.5 Å². The molecule has 3 heterocycles. The van der Waals surface area contributed by atoms with E-state index in [0.717, 1.165) is 7.11 Å². The van der Waals surface area contributed by atoms with Crippen molar-refractivity contribution in [2.75, 3.05) is 19.6 Å². The van der Waals surface area contributed by atoms with Gasteiger partial charge in [-0.05, 0) is 60.7 Å². The summed E-state index contributed by atoms with van der Waals surface area (Å²) in [5.41, 5.74) is 0.352. The number of rotatable bonds is 5. The van der Waals surface area contributed by atoms with E-state index in [1.807, 2.05) is 0 Å². The lowest BCUT2D eigenvalue weighted by Crippen LogP contribution is -2.53. The van der Waals surface area contributed by atoms with Crippen molar-refractivity contribution in [2.45, 2.75) is 30.4 Å². The molecule has 52 heavy (non-hydrogen) atoms. The van der Waals surface area contributed by atoms with E-state index in [-0.39, 0.29) is 35.5 Å². The highest BCUT2D eigenvalue weighted by Crippen LogP contribution is 2.65. The highest BCUT2D eigenvalue weighted by atomic mass is 35.5. The molecule has 3 fully saturated rings. The summed E-state index contributed by atoms with van der Waals surface area (Å²) in [7, 11) is 2.42. The Morgan fingerprint density at radius 2 is 1.71 bits per heavy atom. The van der Waals surface area contributed by atoms with E-state index in [4.69, 9.17) is 32.7 Å². The van der Waals surface area contributed by atoms with Crippen molar-refractivity contribution in [2.24, 2.45) is 23.7 Å². The molecule has 2 saturated heterocycles. The molecule has 12 nitrogen and oxygen atoms in total. The standard InChI is InChI=1S/C35H27Cl2F3N4O8/c1-51-18-7-10-25(45)22(12-18)27-19-8-9-20-26(31(48)43(29(20)46)33(50)52-2)21(19)13-23-30(47)44(32(49)34(23,27)15-3-5-17(36)6-4-15)42-28-24(37)11-16(14-41-28)35(38,39)40/h3-8,10-12,14,20-21,23,26-27,45H,9,13H2,1-2H3,(H,41,42). The quantitative estimate of drug-likeness (QED) is 0.238. The number of phenolic OH excluding ortho intramolecular Hbond substituents is 1. The zero-order valence-corrected chi connectivity index (χ0v) is 28.6. The van der Waals surface area contributed by atoms with Crippen LogP contribution in [0.2, 0.25) is 10.0 Å². The summed E-state index contributed by atoms with van der Waals surface area (Å²) in [5, 5.41) is 11.9. The smallest absolute Gasteiger partial charge is 0.423 e. The number of benzene rings is 2. The van der Waals surface area contributed by atoms with Crippen molar-refractivity contribution >= 4 is 58.7 Å². The maximum atomic E-state index is 15.2. The Morgan fingerprint density at radius 3 is 2.35 bits per heavy atom. The molecular formula is C35H27Cl2F3N4O8. The van der Waals surface area contributed by atoms with Gasteiger partial charge in [-0.15, -0.1) is 0 Å². The number of fused-ring (bicyclic) bond motifs is 4. The minimum absolute atomic E-state index is 0.0215. The fourth-order valence-electron chi connectivity index (χ4n) is 8.29. The fraction of sp³-hybridized carbons (Fsp3) is 0.314. The average Bonchev–Trinajstić information content (AvgIpc) is 3.49. The maximum absolute atomic E-state index is 15.2. The molecule has 6 unspecified atom stereocenters. The van der Waals surface area contributed by atoms with Gasteiger partial charge in [0.15, 0.2) is 5.82 Å². The number of phenols is 1. The van der Waals surface area contributed by atoms with Crippen LogP contribution in [0.3, 0.4) is 0 Å². The van der Waals surface area contributed by atoms with Crippen molar-refractivity contribution in [3.8, 4) is 11.5 Å². The first kappa shape index (κ1) is 35.3. The van der Waals surface area contributed by atoms with E-state index in [9.17, 15) is 37.5 Å². The van der Waals surface area contributed by atoms with Crippen molar-refractivity contribution in [1.29, 1.82) is 0 Å². The van der Waals surface area contributed by atoms with Crippen molar-refractivity contribution in [1.82, 2.24) is 14.9 Å². The van der Waals surface area contributed by atoms with Crippen LogP contribution in [0.4, 0.5) is 23.8 Å². The number of pyridine rings is 1. The molecule has 6 atom stereocenters. The average molecular weight is 760 g/mol. The number of ether oxygens (including phenoxy) is 2. The summed E-state index contributed by atoms with van der Waals surface area (Å²) in [5.74, 6) is -9.33. The summed E-state index contributed by atoms with van der Waals surface area (Å²) in [6.07, 6.45) is -3.97. The van der Waals surface area contributed by atoms with Crippen LogP contribution in [0, 0.1) is 23.7 Å². The summed E-state index contributed by atoms with van der Waals surface area (Å²) in [6.45, 7) is 0. The molecule has 4 aliphatic rings. The largest absolute Gasteiger partial charge is 0.508 e. The van der Waals surface area contributed by atoms with Crippen LogP contribution >= 0.6 is 23.2 Å². The van der Waals surface area contributed by atoms with Crippen LogP contribution in [0.25, 0.3) is 0 Å². The number of nitrogens with one attached hydrogen (secondary N) is 1. The normalized spacial score (nSPS) is 26.8. The fourth-order valence-corrected chi connectivity index (χ4v) is 8.62.